The van der Waals surface area contributed by atoms with Crippen LogP contribution in [0.5, 0.6) is 0 Å². The summed E-state index contributed by atoms with van der Waals surface area (Å²) < 4.78 is 5.78. The van der Waals surface area contributed by atoms with Crippen LogP contribution in [0.4, 0.5) is 10.7 Å². The van der Waals surface area contributed by atoms with Gasteiger partial charge in [-0.25, -0.2) is 0 Å². The topological polar surface area (TPSA) is 53.8 Å². The molecule has 0 unspecified atom stereocenters. The second-order valence-electron chi connectivity index (χ2n) is 5.60. The minimum Gasteiger partial charge on any atom is -0.441 e. The Morgan fingerprint density at radius 3 is 2.48 bits per heavy atom. The van der Waals surface area contributed by atoms with E-state index in [1.807, 2.05) is 42.5 Å². The van der Waals surface area contributed by atoms with Crippen LogP contribution in [0.25, 0.3) is 6.08 Å². The molecule has 130 valence electrons. The molecule has 0 N–H and O–H groups in total. The molecule has 1 aromatic heterocycles. The third kappa shape index (κ3) is 3.79. The van der Waals surface area contributed by atoms with Gasteiger partial charge in [-0.2, -0.15) is 0 Å². The number of amides is 2. The van der Waals surface area contributed by atoms with Crippen molar-refractivity contribution in [2.45, 2.75) is 20.4 Å². The maximum absolute atomic E-state index is 12.5. The molecule has 0 bridgehead atoms. The summed E-state index contributed by atoms with van der Waals surface area (Å²) in [6.45, 7) is 6.08. The molecule has 1 aromatic carbocycles. The van der Waals surface area contributed by atoms with Crippen molar-refractivity contribution in [1.82, 2.24) is 4.90 Å². The zero-order valence-electron chi connectivity index (χ0n) is 14.3. The smallest absolute Gasteiger partial charge is 0.293 e. The molecule has 0 spiro atoms. The summed E-state index contributed by atoms with van der Waals surface area (Å²) >= 11 is 0.950. The normalized spacial score (nSPS) is 16.1. The Hall–Kier alpha value is -2.47. The summed E-state index contributed by atoms with van der Waals surface area (Å²) in [5.41, 5.74) is 0.924. The van der Waals surface area contributed by atoms with Crippen molar-refractivity contribution < 1.29 is 14.0 Å². The predicted octanol–water partition coefficient (Wildman–Crippen LogP) is 4.36. The van der Waals surface area contributed by atoms with Crippen molar-refractivity contribution in [3.05, 3.63) is 58.7 Å². The molecule has 1 aliphatic heterocycles. The van der Waals surface area contributed by atoms with Gasteiger partial charge in [-0.3, -0.25) is 14.5 Å². The van der Waals surface area contributed by atoms with Crippen LogP contribution in [0.15, 0.2) is 51.8 Å². The Morgan fingerprint density at radius 1 is 1.08 bits per heavy atom. The number of thioether (sulfide) groups is 1. The number of hydrogen-bond donors (Lipinski definition) is 0. The molecule has 5 nitrogen and oxygen atoms in total. The molecule has 6 heteroatoms. The number of rotatable bonds is 6. The van der Waals surface area contributed by atoms with E-state index in [2.05, 4.69) is 18.7 Å². The summed E-state index contributed by atoms with van der Waals surface area (Å²) in [6.07, 6.45) is 1.64. The summed E-state index contributed by atoms with van der Waals surface area (Å²) in [6, 6.07) is 13.2. The third-order valence-electron chi connectivity index (χ3n) is 4.02. The van der Waals surface area contributed by atoms with E-state index in [-0.39, 0.29) is 17.7 Å². The average molecular weight is 356 g/mol. The van der Waals surface area contributed by atoms with Crippen LogP contribution in [0, 0.1) is 0 Å². The minimum atomic E-state index is -0.278. The van der Waals surface area contributed by atoms with Gasteiger partial charge in [0.25, 0.3) is 11.1 Å². The van der Waals surface area contributed by atoms with Crippen molar-refractivity contribution in [2.24, 2.45) is 0 Å². The van der Waals surface area contributed by atoms with Gasteiger partial charge < -0.3 is 9.32 Å². The molecular formula is C19H20N2O3S. The van der Waals surface area contributed by atoms with Crippen LogP contribution < -0.4 is 4.90 Å². The van der Waals surface area contributed by atoms with Gasteiger partial charge in [-0.15, -0.1) is 0 Å². The van der Waals surface area contributed by atoms with E-state index in [4.69, 9.17) is 4.42 Å². The Labute approximate surface area is 151 Å². The number of nitrogens with zero attached hydrogens (tertiary/aromatic N) is 2. The second kappa shape index (κ2) is 7.61. The van der Waals surface area contributed by atoms with Crippen molar-refractivity contribution in [3.63, 3.8) is 0 Å². The van der Waals surface area contributed by atoms with Crippen LogP contribution in [0.3, 0.4) is 0 Å². The minimum absolute atomic E-state index is 0.254. The lowest BCUT2D eigenvalue weighted by molar-refractivity contribution is -0.123. The van der Waals surface area contributed by atoms with Gasteiger partial charge in [0.15, 0.2) is 5.88 Å². The van der Waals surface area contributed by atoms with Crippen LogP contribution in [-0.4, -0.2) is 29.1 Å². The highest BCUT2D eigenvalue weighted by atomic mass is 32.2. The van der Waals surface area contributed by atoms with Crippen LogP contribution in [0.2, 0.25) is 0 Å². The summed E-state index contributed by atoms with van der Waals surface area (Å²) in [4.78, 5) is 28.5. The summed E-state index contributed by atoms with van der Waals surface area (Å²) in [5.74, 6) is 1.06. The quantitative estimate of drug-likeness (QED) is 0.720. The lowest BCUT2D eigenvalue weighted by atomic mass is 10.2. The largest absolute Gasteiger partial charge is 0.441 e. The van der Waals surface area contributed by atoms with E-state index >= 15 is 0 Å². The molecule has 1 saturated heterocycles. The van der Waals surface area contributed by atoms with E-state index in [1.54, 1.807) is 6.08 Å². The van der Waals surface area contributed by atoms with Gasteiger partial charge >= 0.3 is 0 Å². The zero-order valence-corrected chi connectivity index (χ0v) is 15.1. The van der Waals surface area contributed by atoms with Crippen LogP contribution in [0.1, 0.15) is 25.2 Å². The third-order valence-corrected chi connectivity index (χ3v) is 4.93. The molecule has 2 aromatic rings. The Morgan fingerprint density at radius 2 is 1.80 bits per heavy atom. The average Bonchev–Trinajstić information content (AvgIpc) is 3.18. The number of imide groups is 1. The number of hydrogen-bond acceptors (Lipinski definition) is 5. The van der Waals surface area contributed by atoms with Crippen molar-refractivity contribution in [3.8, 4) is 0 Å². The summed E-state index contributed by atoms with van der Waals surface area (Å²) in [5, 5.41) is -0.254. The predicted molar refractivity (Wildman–Crippen MR) is 100 cm³/mol. The molecule has 2 amide bonds. The van der Waals surface area contributed by atoms with Crippen LogP contribution >= 0.6 is 11.8 Å². The van der Waals surface area contributed by atoms with Crippen molar-refractivity contribution in [1.29, 1.82) is 0 Å². The molecule has 25 heavy (non-hydrogen) atoms. The van der Waals surface area contributed by atoms with E-state index < -0.39 is 0 Å². The van der Waals surface area contributed by atoms with E-state index in [0.29, 0.717) is 10.7 Å². The highest BCUT2D eigenvalue weighted by Gasteiger charge is 2.35. The Kier molecular flexibility index (Phi) is 5.28. The highest BCUT2D eigenvalue weighted by molar-refractivity contribution is 8.18. The van der Waals surface area contributed by atoms with Gasteiger partial charge in [0.1, 0.15) is 5.76 Å². The number of anilines is 1. The Bertz CT molecular complexity index is 794. The van der Waals surface area contributed by atoms with Gasteiger partial charge in [0.05, 0.1) is 11.4 Å². The monoisotopic (exact) mass is 356 g/mol. The molecule has 2 heterocycles. The Balaban J connectivity index is 1.76. The first-order chi connectivity index (χ1) is 12.1. The standard InChI is InChI=1S/C19H20N2O3S/c1-3-20(4-2)17-11-10-15(24-17)12-16-18(22)21(19(23)25-16)13-14-8-6-5-7-9-14/h5-12H,3-4,13H2,1-2H3/b16-12-. The van der Waals surface area contributed by atoms with E-state index in [1.165, 1.54) is 4.90 Å². The molecule has 3 rings (SSSR count). The fourth-order valence-electron chi connectivity index (χ4n) is 2.66. The lowest BCUT2D eigenvalue weighted by Gasteiger charge is -2.16. The first kappa shape index (κ1) is 17.4. The molecule has 0 radical (unpaired) electrons. The zero-order chi connectivity index (χ0) is 17.8. The van der Waals surface area contributed by atoms with Gasteiger partial charge in [0.2, 0.25) is 0 Å². The first-order valence-corrected chi connectivity index (χ1v) is 9.08. The fourth-order valence-corrected chi connectivity index (χ4v) is 3.47. The SMILES string of the molecule is CCN(CC)c1ccc(/C=C2\SC(=O)N(Cc3ccccc3)C2=O)o1. The fraction of sp³-hybridized carbons (Fsp3) is 0.263. The molecule has 1 fully saturated rings. The maximum Gasteiger partial charge on any atom is 0.293 e. The van der Waals surface area contributed by atoms with Gasteiger partial charge in [-0.05, 0) is 37.2 Å². The molecular weight excluding hydrogens is 336 g/mol. The first-order valence-electron chi connectivity index (χ1n) is 8.26. The number of carbonyl (C=O) groups excluding carboxylic acids is 2. The molecule has 1 aliphatic rings. The number of furan rings is 1. The van der Waals surface area contributed by atoms with E-state index in [9.17, 15) is 9.59 Å². The molecule has 0 atom stereocenters. The molecule has 0 aliphatic carbocycles. The number of benzene rings is 1. The molecule has 0 saturated carbocycles. The van der Waals surface area contributed by atoms with E-state index in [0.717, 1.165) is 36.3 Å². The van der Waals surface area contributed by atoms with Crippen LogP contribution in [-0.2, 0) is 11.3 Å². The highest BCUT2D eigenvalue weighted by Crippen LogP contribution is 2.34. The second-order valence-corrected chi connectivity index (χ2v) is 6.59. The van der Waals surface area contributed by atoms with Crippen molar-refractivity contribution >= 4 is 34.9 Å². The lowest BCUT2D eigenvalue weighted by Crippen LogP contribution is -2.27. The van der Waals surface area contributed by atoms with Gasteiger partial charge in [-0.1, -0.05) is 30.3 Å². The van der Waals surface area contributed by atoms with Crippen molar-refractivity contribution in [2.75, 3.05) is 18.0 Å². The maximum atomic E-state index is 12.5. The van der Waals surface area contributed by atoms with Gasteiger partial charge in [0, 0.05) is 25.2 Å². The number of carbonyl (C=O) groups is 2. The summed E-state index contributed by atoms with van der Waals surface area (Å²) in [7, 11) is 0.